The van der Waals surface area contributed by atoms with Crippen LogP contribution >= 0.6 is 0 Å². The summed E-state index contributed by atoms with van der Waals surface area (Å²) in [5, 5.41) is 1.93. The van der Waals surface area contributed by atoms with Gasteiger partial charge >= 0.3 is 0 Å². The Labute approximate surface area is 123 Å². The highest BCUT2D eigenvalue weighted by Crippen LogP contribution is 2.21. The van der Waals surface area contributed by atoms with Crippen LogP contribution in [-0.4, -0.2) is 29.7 Å². The number of hydrogen-bond acceptors (Lipinski definition) is 3. The van der Waals surface area contributed by atoms with Crippen LogP contribution in [0.2, 0.25) is 0 Å². The second-order valence-electron chi connectivity index (χ2n) is 4.81. The Balaban J connectivity index is 1.95. The van der Waals surface area contributed by atoms with Gasteiger partial charge in [0.25, 0.3) is 0 Å². The lowest BCUT2D eigenvalue weighted by Gasteiger charge is -2.16. The molecule has 0 spiro atoms. The van der Waals surface area contributed by atoms with E-state index in [0.29, 0.717) is 5.82 Å². The van der Waals surface area contributed by atoms with Gasteiger partial charge in [0.2, 0.25) is 10.0 Å². The Kier molecular flexibility index (Phi) is 3.48. The lowest BCUT2D eigenvalue weighted by Crippen LogP contribution is -2.27. The molecule has 0 aliphatic carbocycles. The monoisotopic (exact) mass is 301 g/mol. The minimum absolute atomic E-state index is 0.210. The molecule has 3 aromatic rings. The molecule has 3 rings (SSSR count). The topological polar surface area (TPSA) is 66.1 Å². The maximum atomic E-state index is 12.6. The molecule has 0 unspecified atom stereocenters. The van der Waals surface area contributed by atoms with Crippen LogP contribution in [0, 0.1) is 0 Å². The molecule has 0 saturated carbocycles. The van der Waals surface area contributed by atoms with Gasteiger partial charge in [-0.15, -0.1) is 0 Å². The van der Waals surface area contributed by atoms with E-state index in [0.717, 1.165) is 10.8 Å². The zero-order valence-electron chi connectivity index (χ0n) is 11.5. The van der Waals surface area contributed by atoms with Gasteiger partial charge in [-0.05, 0) is 22.9 Å². The maximum Gasteiger partial charge on any atom is 0.243 e. The third-order valence-corrected chi connectivity index (χ3v) is 5.16. The Morgan fingerprint density at radius 1 is 1.14 bits per heavy atom. The first kappa shape index (κ1) is 13.8. The smallest absolute Gasteiger partial charge is 0.243 e. The van der Waals surface area contributed by atoms with Gasteiger partial charge in [-0.25, -0.2) is 13.4 Å². The minimum atomic E-state index is -3.53. The largest absolute Gasteiger partial charge is 0.347 e. The second kappa shape index (κ2) is 5.31. The highest BCUT2D eigenvalue weighted by molar-refractivity contribution is 7.89. The summed E-state index contributed by atoms with van der Waals surface area (Å²) in [5.41, 5.74) is 0. The molecule has 21 heavy (non-hydrogen) atoms. The van der Waals surface area contributed by atoms with Gasteiger partial charge in [-0.1, -0.05) is 30.3 Å². The molecule has 1 heterocycles. The summed E-state index contributed by atoms with van der Waals surface area (Å²) in [5.74, 6) is 0.613. The third-order valence-electron chi connectivity index (χ3n) is 3.36. The van der Waals surface area contributed by atoms with E-state index in [4.69, 9.17) is 0 Å². The summed E-state index contributed by atoms with van der Waals surface area (Å²) < 4.78 is 26.5. The molecule has 0 bridgehead atoms. The molecule has 0 radical (unpaired) electrons. The number of aromatic nitrogens is 2. The van der Waals surface area contributed by atoms with E-state index >= 15 is 0 Å². The Bertz CT molecular complexity index is 858. The van der Waals surface area contributed by atoms with Gasteiger partial charge in [0.15, 0.2) is 0 Å². The van der Waals surface area contributed by atoms with E-state index in [-0.39, 0.29) is 11.4 Å². The molecule has 1 aromatic heterocycles. The molecule has 5 nitrogen and oxygen atoms in total. The van der Waals surface area contributed by atoms with E-state index < -0.39 is 10.0 Å². The number of nitrogens with zero attached hydrogens (tertiary/aromatic N) is 2. The van der Waals surface area contributed by atoms with Gasteiger partial charge in [0, 0.05) is 19.4 Å². The molecular weight excluding hydrogens is 286 g/mol. The fraction of sp³-hybridized carbons (Fsp3) is 0.133. The number of rotatable bonds is 4. The van der Waals surface area contributed by atoms with Crippen LogP contribution in [0.4, 0.5) is 0 Å². The van der Waals surface area contributed by atoms with Crippen LogP contribution in [-0.2, 0) is 16.6 Å². The van der Waals surface area contributed by atoms with Crippen molar-refractivity contribution in [2.45, 2.75) is 11.4 Å². The second-order valence-corrected chi connectivity index (χ2v) is 6.85. The lowest BCUT2D eigenvalue weighted by molar-refractivity contribution is 0.458. The van der Waals surface area contributed by atoms with Crippen LogP contribution in [0.15, 0.2) is 59.8 Å². The average Bonchev–Trinajstić information content (AvgIpc) is 2.99. The zero-order valence-corrected chi connectivity index (χ0v) is 12.3. The first-order chi connectivity index (χ1) is 10.1. The SMILES string of the molecule is CN(Cc1ncc[nH]1)S(=O)(=O)c1ccc2ccccc2c1. The molecule has 0 aliphatic rings. The van der Waals surface area contributed by atoms with Crippen molar-refractivity contribution in [3.05, 3.63) is 60.7 Å². The number of fused-ring (bicyclic) bond motifs is 1. The van der Waals surface area contributed by atoms with Crippen molar-refractivity contribution >= 4 is 20.8 Å². The zero-order chi connectivity index (χ0) is 14.9. The molecule has 0 saturated heterocycles. The summed E-state index contributed by atoms with van der Waals surface area (Å²) in [4.78, 5) is 7.24. The van der Waals surface area contributed by atoms with Gasteiger partial charge in [-0.2, -0.15) is 4.31 Å². The average molecular weight is 301 g/mol. The number of sulfonamides is 1. The van der Waals surface area contributed by atoms with Crippen LogP contribution in [0.5, 0.6) is 0 Å². The van der Waals surface area contributed by atoms with Crippen molar-refractivity contribution < 1.29 is 8.42 Å². The third kappa shape index (κ3) is 2.68. The summed E-state index contributed by atoms with van der Waals surface area (Å²) in [6, 6.07) is 12.8. The van der Waals surface area contributed by atoms with Gasteiger partial charge in [0.1, 0.15) is 5.82 Å². The number of imidazole rings is 1. The quantitative estimate of drug-likeness (QED) is 0.804. The Morgan fingerprint density at radius 2 is 1.90 bits per heavy atom. The van der Waals surface area contributed by atoms with Gasteiger partial charge in [-0.3, -0.25) is 0 Å². The van der Waals surface area contributed by atoms with Gasteiger partial charge < -0.3 is 4.98 Å². The van der Waals surface area contributed by atoms with Crippen LogP contribution in [0.25, 0.3) is 10.8 Å². The number of nitrogens with one attached hydrogen (secondary N) is 1. The van der Waals surface area contributed by atoms with Crippen molar-refractivity contribution in [3.63, 3.8) is 0 Å². The standard InChI is InChI=1S/C15H15N3O2S/c1-18(11-15-16-8-9-17-15)21(19,20)14-7-6-12-4-2-3-5-13(12)10-14/h2-10H,11H2,1H3,(H,16,17). The summed E-state index contributed by atoms with van der Waals surface area (Å²) in [6.07, 6.45) is 3.28. The number of aromatic amines is 1. The predicted octanol–water partition coefficient (Wildman–Crippen LogP) is 2.38. The lowest BCUT2D eigenvalue weighted by atomic mass is 10.1. The maximum absolute atomic E-state index is 12.6. The summed E-state index contributed by atoms with van der Waals surface area (Å²) >= 11 is 0. The molecule has 0 amide bonds. The normalized spacial score (nSPS) is 12.1. The Hall–Kier alpha value is -2.18. The molecule has 0 atom stereocenters. The van der Waals surface area contributed by atoms with Crippen molar-refractivity contribution in [1.82, 2.24) is 14.3 Å². The van der Waals surface area contributed by atoms with Crippen molar-refractivity contribution in [2.75, 3.05) is 7.05 Å². The van der Waals surface area contributed by atoms with Crippen LogP contribution < -0.4 is 0 Å². The predicted molar refractivity (Wildman–Crippen MR) is 81.2 cm³/mol. The van der Waals surface area contributed by atoms with E-state index in [1.807, 2.05) is 30.3 Å². The molecule has 1 N–H and O–H groups in total. The van der Waals surface area contributed by atoms with Crippen molar-refractivity contribution in [3.8, 4) is 0 Å². The van der Waals surface area contributed by atoms with Crippen LogP contribution in [0.1, 0.15) is 5.82 Å². The molecule has 0 aliphatic heterocycles. The molecule has 2 aromatic carbocycles. The highest BCUT2D eigenvalue weighted by atomic mass is 32.2. The number of benzene rings is 2. The first-order valence-electron chi connectivity index (χ1n) is 6.51. The van der Waals surface area contributed by atoms with E-state index in [1.54, 1.807) is 31.6 Å². The van der Waals surface area contributed by atoms with Crippen LogP contribution in [0.3, 0.4) is 0 Å². The minimum Gasteiger partial charge on any atom is -0.347 e. The number of H-pyrrole nitrogens is 1. The molecule has 0 fully saturated rings. The fourth-order valence-corrected chi connectivity index (χ4v) is 3.36. The first-order valence-corrected chi connectivity index (χ1v) is 7.95. The molecule has 6 heteroatoms. The fourth-order valence-electron chi connectivity index (χ4n) is 2.19. The summed E-state index contributed by atoms with van der Waals surface area (Å²) in [6.45, 7) is 0.210. The Morgan fingerprint density at radius 3 is 2.62 bits per heavy atom. The summed E-state index contributed by atoms with van der Waals surface area (Å²) in [7, 11) is -1.98. The molecular formula is C15H15N3O2S. The molecule has 108 valence electrons. The highest BCUT2D eigenvalue weighted by Gasteiger charge is 2.21. The van der Waals surface area contributed by atoms with Crippen molar-refractivity contribution in [2.24, 2.45) is 0 Å². The van der Waals surface area contributed by atoms with E-state index in [2.05, 4.69) is 9.97 Å². The number of hydrogen-bond donors (Lipinski definition) is 1. The van der Waals surface area contributed by atoms with E-state index in [1.165, 1.54) is 4.31 Å². The van der Waals surface area contributed by atoms with Gasteiger partial charge in [0.05, 0.1) is 11.4 Å². The van der Waals surface area contributed by atoms with Crippen molar-refractivity contribution in [1.29, 1.82) is 0 Å². The van der Waals surface area contributed by atoms with E-state index in [9.17, 15) is 8.42 Å².